The van der Waals surface area contributed by atoms with Crippen molar-refractivity contribution in [2.45, 2.75) is 58.1 Å². The van der Waals surface area contributed by atoms with Crippen LogP contribution in [-0.4, -0.2) is 24.0 Å². The lowest BCUT2D eigenvalue weighted by atomic mass is 9.95. The quantitative estimate of drug-likeness (QED) is 0.644. The fourth-order valence-electron chi connectivity index (χ4n) is 2.71. The number of benzene rings is 1. The van der Waals surface area contributed by atoms with Crippen LogP contribution >= 0.6 is 11.6 Å². The zero-order valence-corrected chi connectivity index (χ0v) is 14.9. The molecule has 5 heteroatoms. The van der Waals surface area contributed by atoms with Crippen molar-refractivity contribution >= 4 is 29.6 Å². The first-order valence-electron chi connectivity index (χ1n) is 8.41. The molecule has 1 aliphatic carbocycles. The summed E-state index contributed by atoms with van der Waals surface area (Å²) in [5.41, 5.74) is 1.78. The molecule has 24 heavy (non-hydrogen) atoms. The van der Waals surface area contributed by atoms with Gasteiger partial charge in [-0.3, -0.25) is 4.79 Å². The first kappa shape index (κ1) is 18.5. The summed E-state index contributed by atoms with van der Waals surface area (Å²) in [6.07, 6.45) is 7.64. The zero-order valence-electron chi connectivity index (χ0n) is 14.2. The summed E-state index contributed by atoms with van der Waals surface area (Å²) in [7, 11) is 0. The van der Waals surface area contributed by atoms with Crippen molar-refractivity contribution in [1.82, 2.24) is 5.32 Å². The van der Waals surface area contributed by atoms with Crippen LogP contribution in [0.3, 0.4) is 0 Å². The van der Waals surface area contributed by atoms with Gasteiger partial charge in [0.05, 0.1) is 0 Å². The Hall–Kier alpha value is -1.81. The zero-order chi connectivity index (χ0) is 17.5. The molecular formula is C19H24ClNO3. The predicted octanol–water partition coefficient (Wildman–Crippen LogP) is 4.04. The molecule has 130 valence electrons. The van der Waals surface area contributed by atoms with Gasteiger partial charge in [0.1, 0.15) is 0 Å². The van der Waals surface area contributed by atoms with Crippen LogP contribution in [0.25, 0.3) is 6.08 Å². The number of aryl methyl sites for hydroxylation is 1. The third-order valence-corrected chi connectivity index (χ3v) is 4.63. The van der Waals surface area contributed by atoms with E-state index in [0.29, 0.717) is 5.02 Å². The highest BCUT2D eigenvalue weighted by molar-refractivity contribution is 6.31. The maximum absolute atomic E-state index is 12.1. The molecule has 1 aliphatic rings. The number of ether oxygens (including phenoxy) is 1. The van der Waals surface area contributed by atoms with Gasteiger partial charge in [-0.25, -0.2) is 4.79 Å². The van der Waals surface area contributed by atoms with Crippen LogP contribution in [0, 0.1) is 6.92 Å². The Morgan fingerprint density at radius 2 is 2.00 bits per heavy atom. The SMILES string of the molecule is Cc1ccc(/C=C/C(=O)O[C@@H](C)C(=O)NC2CCCCC2)cc1Cl. The van der Waals surface area contributed by atoms with Gasteiger partial charge >= 0.3 is 5.97 Å². The molecule has 0 aliphatic heterocycles. The summed E-state index contributed by atoms with van der Waals surface area (Å²) in [6.45, 7) is 3.50. The Kier molecular flexibility index (Phi) is 6.85. The highest BCUT2D eigenvalue weighted by Crippen LogP contribution is 2.18. The van der Waals surface area contributed by atoms with Crippen LogP contribution < -0.4 is 5.32 Å². The second-order valence-corrected chi connectivity index (χ2v) is 6.67. The normalized spacial score (nSPS) is 16.8. The van der Waals surface area contributed by atoms with E-state index in [1.165, 1.54) is 12.5 Å². The van der Waals surface area contributed by atoms with Gasteiger partial charge in [-0.15, -0.1) is 0 Å². The van der Waals surface area contributed by atoms with Gasteiger partial charge < -0.3 is 10.1 Å². The maximum atomic E-state index is 12.1. The van der Waals surface area contributed by atoms with E-state index in [-0.39, 0.29) is 11.9 Å². The Morgan fingerprint density at radius 3 is 2.67 bits per heavy atom. The van der Waals surface area contributed by atoms with E-state index in [2.05, 4.69) is 5.32 Å². The first-order valence-corrected chi connectivity index (χ1v) is 8.78. The average Bonchev–Trinajstić information content (AvgIpc) is 2.56. The lowest BCUT2D eigenvalue weighted by Crippen LogP contribution is -2.42. The molecule has 0 aromatic heterocycles. The minimum Gasteiger partial charge on any atom is -0.449 e. The highest BCUT2D eigenvalue weighted by Gasteiger charge is 2.21. The van der Waals surface area contributed by atoms with E-state index in [1.807, 2.05) is 19.1 Å². The molecule has 4 nitrogen and oxygen atoms in total. The molecule has 0 spiro atoms. The van der Waals surface area contributed by atoms with Gasteiger partial charge in [0.25, 0.3) is 5.91 Å². The second-order valence-electron chi connectivity index (χ2n) is 6.26. The number of amides is 1. The summed E-state index contributed by atoms with van der Waals surface area (Å²) < 4.78 is 5.16. The van der Waals surface area contributed by atoms with Crippen LogP contribution in [-0.2, 0) is 14.3 Å². The summed E-state index contributed by atoms with van der Waals surface area (Å²) in [5.74, 6) is -0.778. The molecule has 1 aromatic rings. The second kappa shape index (κ2) is 8.88. The summed E-state index contributed by atoms with van der Waals surface area (Å²) in [6, 6.07) is 5.73. The number of carbonyl (C=O) groups is 2. The Labute approximate surface area is 148 Å². The number of esters is 1. The molecule has 1 fully saturated rings. The standard InChI is InChI=1S/C19H24ClNO3/c1-13-8-9-15(12-17(13)20)10-11-18(22)24-14(2)19(23)21-16-6-4-3-5-7-16/h8-12,14,16H,3-7H2,1-2H3,(H,21,23)/b11-10+/t14-/m0/s1. The van der Waals surface area contributed by atoms with E-state index in [1.54, 1.807) is 19.1 Å². The Balaban J connectivity index is 1.82. The molecule has 0 saturated heterocycles. The molecule has 1 amide bonds. The number of carbonyl (C=O) groups excluding carboxylic acids is 2. The van der Waals surface area contributed by atoms with Gasteiger partial charge in [-0.05, 0) is 50.0 Å². The van der Waals surface area contributed by atoms with Crippen LogP contribution in [0.15, 0.2) is 24.3 Å². The van der Waals surface area contributed by atoms with Crippen molar-refractivity contribution in [2.75, 3.05) is 0 Å². The van der Waals surface area contributed by atoms with Crippen LogP contribution in [0.2, 0.25) is 5.02 Å². The fraction of sp³-hybridized carbons (Fsp3) is 0.474. The van der Waals surface area contributed by atoms with E-state index < -0.39 is 12.1 Å². The number of hydrogen-bond acceptors (Lipinski definition) is 3. The molecule has 1 aromatic carbocycles. The van der Waals surface area contributed by atoms with Crippen molar-refractivity contribution in [3.8, 4) is 0 Å². The lowest BCUT2D eigenvalue weighted by Gasteiger charge is -2.24. The smallest absolute Gasteiger partial charge is 0.331 e. The van der Waals surface area contributed by atoms with Gasteiger partial charge in [0, 0.05) is 17.1 Å². The number of halogens is 1. The molecule has 0 radical (unpaired) electrons. The monoisotopic (exact) mass is 349 g/mol. The van der Waals surface area contributed by atoms with Gasteiger partial charge in [0.2, 0.25) is 0 Å². The van der Waals surface area contributed by atoms with Gasteiger partial charge in [0.15, 0.2) is 6.10 Å². The number of hydrogen-bond donors (Lipinski definition) is 1. The van der Waals surface area contributed by atoms with E-state index in [0.717, 1.165) is 36.8 Å². The van der Waals surface area contributed by atoms with Crippen molar-refractivity contribution in [2.24, 2.45) is 0 Å². The third-order valence-electron chi connectivity index (χ3n) is 4.22. The topological polar surface area (TPSA) is 55.4 Å². The first-order chi connectivity index (χ1) is 11.5. The summed E-state index contributed by atoms with van der Waals surface area (Å²) in [4.78, 5) is 23.9. The number of nitrogens with one attached hydrogen (secondary N) is 1. The van der Waals surface area contributed by atoms with E-state index >= 15 is 0 Å². The highest BCUT2D eigenvalue weighted by atomic mass is 35.5. The predicted molar refractivity (Wildman–Crippen MR) is 95.8 cm³/mol. The molecule has 2 rings (SSSR count). The molecule has 0 bridgehead atoms. The lowest BCUT2D eigenvalue weighted by molar-refractivity contribution is -0.150. The molecule has 0 unspecified atom stereocenters. The summed E-state index contributed by atoms with van der Waals surface area (Å²) >= 11 is 6.04. The van der Waals surface area contributed by atoms with Crippen molar-refractivity contribution in [1.29, 1.82) is 0 Å². The minimum atomic E-state index is -0.800. The van der Waals surface area contributed by atoms with Crippen LogP contribution in [0.5, 0.6) is 0 Å². The van der Waals surface area contributed by atoms with Gasteiger partial charge in [-0.2, -0.15) is 0 Å². The fourth-order valence-corrected chi connectivity index (χ4v) is 2.90. The summed E-state index contributed by atoms with van der Waals surface area (Å²) in [5, 5.41) is 3.60. The minimum absolute atomic E-state index is 0.206. The van der Waals surface area contributed by atoms with Gasteiger partial charge in [-0.1, -0.05) is 43.0 Å². The maximum Gasteiger partial charge on any atom is 0.331 e. The molecule has 1 atom stereocenters. The molecule has 1 N–H and O–H groups in total. The molecule has 1 saturated carbocycles. The van der Waals surface area contributed by atoms with Crippen molar-refractivity contribution in [3.05, 3.63) is 40.4 Å². The van der Waals surface area contributed by atoms with Crippen LogP contribution in [0.1, 0.15) is 50.2 Å². The largest absolute Gasteiger partial charge is 0.449 e. The molecular weight excluding hydrogens is 326 g/mol. The average molecular weight is 350 g/mol. The van der Waals surface area contributed by atoms with E-state index in [9.17, 15) is 9.59 Å². The third kappa shape index (κ3) is 5.68. The Bertz CT molecular complexity index is 621. The van der Waals surface area contributed by atoms with Crippen LogP contribution in [0.4, 0.5) is 0 Å². The van der Waals surface area contributed by atoms with E-state index in [4.69, 9.17) is 16.3 Å². The van der Waals surface area contributed by atoms with Crippen molar-refractivity contribution in [3.63, 3.8) is 0 Å². The van der Waals surface area contributed by atoms with Crippen molar-refractivity contribution < 1.29 is 14.3 Å². The Morgan fingerprint density at radius 1 is 1.29 bits per heavy atom. The molecule has 0 heterocycles. The number of rotatable bonds is 5.